The fourth-order valence-electron chi connectivity index (χ4n) is 2.33. The van der Waals surface area contributed by atoms with Gasteiger partial charge in [-0.25, -0.2) is 13.2 Å². The molecule has 1 heterocycles. The summed E-state index contributed by atoms with van der Waals surface area (Å²) < 4.78 is 31.2. The van der Waals surface area contributed by atoms with Crippen molar-refractivity contribution in [3.8, 4) is 0 Å². The maximum atomic E-state index is 12.5. The smallest absolute Gasteiger partial charge is 0.330 e. The van der Waals surface area contributed by atoms with Crippen LogP contribution in [-0.2, 0) is 24.3 Å². The number of hydrogen-bond donors (Lipinski definition) is 0. The molecule has 7 nitrogen and oxygen atoms in total. The fraction of sp³-hybridized carbons (Fsp3) is 0.375. The molecule has 0 saturated carbocycles. The van der Waals surface area contributed by atoms with Gasteiger partial charge in [0, 0.05) is 32.3 Å². The van der Waals surface area contributed by atoms with Gasteiger partial charge in [-0.1, -0.05) is 24.3 Å². The maximum Gasteiger partial charge on any atom is 0.330 e. The molecule has 0 unspecified atom stereocenters. The second-order valence-electron chi connectivity index (χ2n) is 5.21. The highest BCUT2D eigenvalue weighted by Gasteiger charge is 2.30. The molecule has 1 aromatic rings. The number of rotatable bonds is 5. The largest absolute Gasteiger partial charge is 0.452 e. The second-order valence-corrected chi connectivity index (χ2v) is 7.14. The van der Waals surface area contributed by atoms with Crippen molar-refractivity contribution < 1.29 is 22.7 Å². The summed E-state index contributed by atoms with van der Waals surface area (Å²) in [6, 6.07) is 8.20. The molecule has 1 amide bonds. The van der Waals surface area contributed by atoms with Gasteiger partial charge >= 0.3 is 5.97 Å². The molecule has 0 radical (unpaired) electrons. The van der Waals surface area contributed by atoms with Crippen molar-refractivity contribution in [1.29, 1.82) is 0 Å². The van der Waals surface area contributed by atoms with Crippen molar-refractivity contribution in [3.05, 3.63) is 42.5 Å². The zero-order chi connectivity index (χ0) is 17.6. The highest BCUT2D eigenvalue weighted by Crippen LogP contribution is 2.17. The van der Waals surface area contributed by atoms with Gasteiger partial charge in [0.1, 0.15) is 0 Å². The van der Waals surface area contributed by atoms with Crippen LogP contribution in [0.25, 0.3) is 0 Å². The Labute approximate surface area is 141 Å². The summed E-state index contributed by atoms with van der Waals surface area (Å²) in [5.41, 5.74) is 0. The lowest BCUT2D eigenvalue weighted by Gasteiger charge is -2.33. The van der Waals surface area contributed by atoms with Gasteiger partial charge in [0.2, 0.25) is 10.0 Å². The Morgan fingerprint density at radius 2 is 1.75 bits per heavy atom. The molecule has 0 aromatic heterocycles. The molecule has 24 heavy (non-hydrogen) atoms. The molecule has 1 aliphatic heterocycles. The lowest BCUT2D eigenvalue weighted by atomic mass is 10.3. The minimum Gasteiger partial charge on any atom is -0.452 e. The molecule has 0 aliphatic carbocycles. The predicted octanol–water partition coefficient (Wildman–Crippen LogP) is 0.639. The first-order valence-corrected chi connectivity index (χ1v) is 9.01. The van der Waals surface area contributed by atoms with Crippen molar-refractivity contribution in [2.75, 3.05) is 32.8 Å². The van der Waals surface area contributed by atoms with E-state index in [0.717, 1.165) is 0 Å². The molecule has 1 saturated heterocycles. The molecule has 0 atom stereocenters. The van der Waals surface area contributed by atoms with E-state index in [4.69, 9.17) is 4.74 Å². The van der Waals surface area contributed by atoms with E-state index in [9.17, 15) is 18.0 Å². The Morgan fingerprint density at radius 3 is 2.33 bits per heavy atom. The Kier molecular flexibility index (Phi) is 6.10. The van der Waals surface area contributed by atoms with Crippen LogP contribution in [0.15, 0.2) is 47.4 Å². The van der Waals surface area contributed by atoms with Crippen LogP contribution in [0.1, 0.15) is 6.92 Å². The van der Waals surface area contributed by atoms with Gasteiger partial charge in [-0.05, 0) is 19.1 Å². The molecular weight excluding hydrogens is 332 g/mol. The van der Waals surface area contributed by atoms with Crippen LogP contribution < -0.4 is 0 Å². The number of hydrogen-bond acceptors (Lipinski definition) is 5. The number of carbonyl (C=O) groups is 2. The molecule has 8 heteroatoms. The van der Waals surface area contributed by atoms with E-state index in [-0.39, 0.29) is 43.6 Å². The Balaban J connectivity index is 1.89. The number of esters is 1. The first-order chi connectivity index (χ1) is 11.4. The van der Waals surface area contributed by atoms with Crippen LogP contribution in [0.2, 0.25) is 0 Å². The quantitative estimate of drug-likeness (QED) is 0.573. The molecule has 2 rings (SSSR count). The average molecular weight is 352 g/mol. The monoisotopic (exact) mass is 352 g/mol. The van der Waals surface area contributed by atoms with Crippen LogP contribution in [0.4, 0.5) is 0 Å². The van der Waals surface area contributed by atoms with Crippen molar-refractivity contribution in [1.82, 2.24) is 9.21 Å². The van der Waals surface area contributed by atoms with Crippen LogP contribution in [0.5, 0.6) is 0 Å². The van der Waals surface area contributed by atoms with E-state index in [0.29, 0.717) is 0 Å². The SMILES string of the molecule is CC=CC(=O)OCC(=O)N1CCN(S(=O)(=O)c2ccccc2)CC1. The maximum absolute atomic E-state index is 12.5. The summed E-state index contributed by atoms with van der Waals surface area (Å²) in [4.78, 5) is 24.9. The van der Waals surface area contributed by atoms with Crippen LogP contribution >= 0.6 is 0 Å². The standard InChI is InChI=1S/C16H20N2O5S/c1-2-6-16(20)23-13-15(19)17-9-11-18(12-10-17)24(21,22)14-7-4-3-5-8-14/h2-8H,9-13H2,1H3. The summed E-state index contributed by atoms with van der Waals surface area (Å²) in [6.07, 6.45) is 2.76. The molecule has 1 fully saturated rings. The zero-order valence-electron chi connectivity index (χ0n) is 13.4. The summed E-state index contributed by atoms with van der Waals surface area (Å²) in [6.45, 7) is 2.31. The number of allylic oxidation sites excluding steroid dienone is 1. The van der Waals surface area contributed by atoms with Gasteiger partial charge in [-0.3, -0.25) is 4.79 Å². The number of ether oxygens (including phenoxy) is 1. The van der Waals surface area contributed by atoms with E-state index in [1.54, 1.807) is 37.3 Å². The summed E-state index contributed by atoms with van der Waals surface area (Å²) in [7, 11) is -3.54. The van der Waals surface area contributed by atoms with Gasteiger partial charge in [0.05, 0.1) is 4.90 Å². The molecule has 1 aromatic carbocycles. The van der Waals surface area contributed by atoms with E-state index >= 15 is 0 Å². The number of benzene rings is 1. The number of carbonyl (C=O) groups excluding carboxylic acids is 2. The second kappa shape index (κ2) is 8.07. The van der Waals surface area contributed by atoms with E-state index in [2.05, 4.69) is 0 Å². The van der Waals surface area contributed by atoms with Crippen molar-refractivity contribution in [2.45, 2.75) is 11.8 Å². The Hall–Kier alpha value is -2.19. The van der Waals surface area contributed by atoms with E-state index < -0.39 is 16.0 Å². The van der Waals surface area contributed by atoms with Crippen LogP contribution in [-0.4, -0.2) is 62.3 Å². The topological polar surface area (TPSA) is 84.0 Å². The van der Waals surface area contributed by atoms with Crippen molar-refractivity contribution in [3.63, 3.8) is 0 Å². The minimum absolute atomic E-state index is 0.214. The fourth-order valence-corrected chi connectivity index (χ4v) is 3.77. The minimum atomic E-state index is -3.54. The molecule has 0 spiro atoms. The molecule has 130 valence electrons. The third-order valence-corrected chi connectivity index (χ3v) is 5.53. The van der Waals surface area contributed by atoms with Crippen LogP contribution in [0, 0.1) is 0 Å². The summed E-state index contributed by atoms with van der Waals surface area (Å²) >= 11 is 0. The van der Waals surface area contributed by atoms with Crippen molar-refractivity contribution in [2.24, 2.45) is 0 Å². The zero-order valence-corrected chi connectivity index (χ0v) is 14.2. The molecule has 0 bridgehead atoms. The highest BCUT2D eigenvalue weighted by atomic mass is 32.2. The molecule has 0 N–H and O–H groups in total. The third-order valence-electron chi connectivity index (χ3n) is 3.61. The highest BCUT2D eigenvalue weighted by molar-refractivity contribution is 7.89. The van der Waals surface area contributed by atoms with Gasteiger partial charge in [0.25, 0.3) is 5.91 Å². The van der Waals surface area contributed by atoms with Gasteiger partial charge in [-0.2, -0.15) is 4.31 Å². The third kappa shape index (κ3) is 4.42. The number of sulfonamides is 1. The molecule has 1 aliphatic rings. The van der Waals surface area contributed by atoms with Gasteiger partial charge < -0.3 is 9.64 Å². The molecular formula is C16H20N2O5S. The van der Waals surface area contributed by atoms with Crippen molar-refractivity contribution >= 4 is 21.9 Å². The number of nitrogens with zero attached hydrogens (tertiary/aromatic N) is 2. The van der Waals surface area contributed by atoms with E-state index in [1.165, 1.54) is 21.4 Å². The van der Waals surface area contributed by atoms with Crippen LogP contribution in [0.3, 0.4) is 0 Å². The lowest BCUT2D eigenvalue weighted by molar-refractivity contribution is -0.148. The van der Waals surface area contributed by atoms with Gasteiger partial charge in [0.15, 0.2) is 6.61 Å². The summed E-state index contributed by atoms with van der Waals surface area (Å²) in [5.74, 6) is -0.902. The first-order valence-electron chi connectivity index (χ1n) is 7.57. The number of amides is 1. The predicted molar refractivity (Wildman–Crippen MR) is 87.6 cm³/mol. The average Bonchev–Trinajstić information content (AvgIpc) is 2.61. The first kappa shape index (κ1) is 18.2. The number of piperazine rings is 1. The van der Waals surface area contributed by atoms with E-state index in [1.807, 2.05) is 0 Å². The Bertz CT molecular complexity index is 707. The summed E-state index contributed by atoms with van der Waals surface area (Å²) in [5, 5.41) is 0. The normalized spacial score (nSPS) is 16.3. The van der Waals surface area contributed by atoms with Gasteiger partial charge in [-0.15, -0.1) is 0 Å². The Morgan fingerprint density at radius 1 is 1.12 bits per heavy atom. The lowest BCUT2D eigenvalue weighted by Crippen LogP contribution is -2.51.